The molecule has 0 N–H and O–H groups in total. The van der Waals surface area contributed by atoms with Gasteiger partial charge >= 0.3 is 6.03 Å². The van der Waals surface area contributed by atoms with Crippen LogP contribution in [-0.2, 0) is 9.47 Å². The van der Waals surface area contributed by atoms with Gasteiger partial charge in [0.1, 0.15) is 5.82 Å². The van der Waals surface area contributed by atoms with Crippen LogP contribution in [0.3, 0.4) is 0 Å². The van der Waals surface area contributed by atoms with Crippen LogP contribution in [0.15, 0.2) is 79.8 Å². The van der Waals surface area contributed by atoms with Crippen molar-refractivity contribution in [3.8, 4) is 0 Å². The number of urea groups is 1. The monoisotopic (exact) mass is 768 g/mol. The van der Waals surface area contributed by atoms with Gasteiger partial charge in [0.15, 0.2) is 6.29 Å². The minimum Gasteiger partial charge on any atom is -0.353 e. The number of pyridine rings is 3. The summed E-state index contributed by atoms with van der Waals surface area (Å²) in [5, 5.41) is 0. The standard InChI is InChI=1S/3C7H9N.2C6H8N2.C6H12O2.C5H10N2O/c1-6-3-4-8-7(2)5-6;1-6-3-4-7(2)8-5-6;1-6-4-3-5-8-7(6)2;1-5-3-8-6(2)4-7-5;2*1-5-3-7-6(2)8-4-5;1-6-3-4-7(2)5(6)8/h3*3-5H,1-2H3;2*3-4H,1-2H3;5-6H,3-4H2,1-2H3;3-4H2,1-2H3. The van der Waals surface area contributed by atoms with Crippen molar-refractivity contribution in [2.24, 2.45) is 5.92 Å². The predicted molar refractivity (Wildman–Crippen MR) is 225 cm³/mol. The minimum absolute atomic E-state index is 0.0196. The van der Waals surface area contributed by atoms with Gasteiger partial charge in [0.25, 0.3) is 0 Å². The molecule has 12 heteroatoms. The van der Waals surface area contributed by atoms with E-state index in [4.69, 9.17) is 9.47 Å². The third kappa shape index (κ3) is 23.6. The van der Waals surface area contributed by atoms with Crippen molar-refractivity contribution in [2.75, 3.05) is 40.4 Å². The number of amides is 2. The first-order valence-corrected chi connectivity index (χ1v) is 18.8. The summed E-state index contributed by atoms with van der Waals surface area (Å²) >= 11 is 0. The van der Waals surface area contributed by atoms with Crippen LogP contribution in [0, 0.1) is 75.2 Å². The van der Waals surface area contributed by atoms with E-state index in [-0.39, 0.29) is 12.3 Å². The van der Waals surface area contributed by atoms with Crippen molar-refractivity contribution in [1.82, 2.24) is 44.7 Å². The Bertz CT molecular complexity index is 1550. The SMILES string of the molecule is CC1COC(C)OC1.CN1CCN(C)C1=O.Cc1ccc(C)nc1.Cc1cccnc1C.Cc1ccnc(C)c1.Cc1cnc(C)cn1.Cc1cnc(C)nc1. The molecule has 5 aromatic heterocycles. The smallest absolute Gasteiger partial charge is 0.319 e. The number of likely N-dealkylation sites (N-methyl/N-ethyl adjacent to an activating group) is 2. The molecule has 0 radical (unpaired) electrons. The van der Waals surface area contributed by atoms with E-state index in [2.05, 4.69) is 73.9 Å². The Kier molecular flexibility index (Phi) is 23.9. The molecular formula is C44H65N9O3. The molecule has 0 saturated carbocycles. The van der Waals surface area contributed by atoms with Crippen LogP contribution < -0.4 is 0 Å². The van der Waals surface area contributed by atoms with Crippen molar-refractivity contribution in [3.63, 3.8) is 0 Å². The molecule has 12 nitrogen and oxygen atoms in total. The highest BCUT2D eigenvalue weighted by molar-refractivity contribution is 5.75. The highest BCUT2D eigenvalue weighted by Crippen LogP contribution is 2.08. The molecule has 2 saturated heterocycles. The van der Waals surface area contributed by atoms with Gasteiger partial charge in [-0.15, -0.1) is 0 Å². The van der Waals surface area contributed by atoms with Gasteiger partial charge in [-0.3, -0.25) is 24.9 Å². The van der Waals surface area contributed by atoms with E-state index in [0.717, 1.165) is 66.2 Å². The average molecular weight is 768 g/mol. The Morgan fingerprint density at radius 3 is 1.41 bits per heavy atom. The molecule has 0 spiro atoms. The lowest BCUT2D eigenvalue weighted by atomic mass is 10.2. The van der Waals surface area contributed by atoms with Crippen LogP contribution in [0.2, 0.25) is 0 Å². The summed E-state index contributed by atoms with van der Waals surface area (Å²) < 4.78 is 10.3. The Morgan fingerprint density at radius 2 is 1.09 bits per heavy atom. The number of nitrogens with zero attached hydrogens (tertiary/aromatic N) is 9. The summed E-state index contributed by atoms with van der Waals surface area (Å²) in [7, 11) is 3.62. The number of ether oxygens (including phenoxy) is 2. The lowest BCUT2D eigenvalue weighted by molar-refractivity contribution is -0.187. The molecule has 0 aromatic carbocycles. The number of aromatic nitrogens is 7. The number of aryl methyl sites for hydroxylation is 10. The summed E-state index contributed by atoms with van der Waals surface area (Å²) in [5.41, 5.74) is 10.1. The fourth-order valence-corrected chi connectivity index (χ4v) is 4.19. The molecule has 0 unspecified atom stereocenters. The lowest BCUT2D eigenvalue weighted by Gasteiger charge is -2.24. The molecule has 304 valence electrons. The molecule has 2 amide bonds. The fourth-order valence-electron chi connectivity index (χ4n) is 4.19. The Labute approximate surface area is 336 Å². The van der Waals surface area contributed by atoms with E-state index >= 15 is 0 Å². The van der Waals surface area contributed by atoms with E-state index in [1.54, 1.807) is 22.2 Å². The normalized spacial score (nSPS) is 15.2. The molecule has 7 rings (SSSR count). The zero-order valence-corrected chi connectivity index (χ0v) is 36.2. The van der Waals surface area contributed by atoms with E-state index in [1.807, 2.05) is 126 Å². The van der Waals surface area contributed by atoms with Gasteiger partial charge in [-0.1, -0.05) is 19.1 Å². The third-order valence-corrected chi connectivity index (χ3v) is 7.86. The maximum atomic E-state index is 10.8. The van der Waals surface area contributed by atoms with E-state index in [0.29, 0.717) is 5.92 Å². The largest absolute Gasteiger partial charge is 0.353 e. The highest BCUT2D eigenvalue weighted by Gasteiger charge is 2.20. The summed E-state index contributed by atoms with van der Waals surface area (Å²) in [6.07, 6.45) is 12.7. The van der Waals surface area contributed by atoms with E-state index in [1.165, 1.54) is 16.7 Å². The molecule has 5 aromatic rings. The van der Waals surface area contributed by atoms with Crippen molar-refractivity contribution >= 4 is 6.03 Å². The molecule has 0 aliphatic carbocycles. The fraction of sp³-hybridized carbons (Fsp3) is 0.455. The maximum Gasteiger partial charge on any atom is 0.319 e. The molecule has 0 bridgehead atoms. The first-order valence-electron chi connectivity index (χ1n) is 18.8. The average Bonchev–Trinajstić information content (AvgIpc) is 3.46. The first-order chi connectivity index (χ1) is 26.5. The number of carbonyl (C=O) groups excluding carboxylic acids is 1. The van der Waals surface area contributed by atoms with Crippen molar-refractivity contribution in [2.45, 2.75) is 89.4 Å². The third-order valence-electron chi connectivity index (χ3n) is 7.86. The minimum atomic E-state index is 0.0196. The van der Waals surface area contributed by atoms with Gasteiger partial charge in [0, 0.05) is 93.6 Å². The topological polar surface area (TPSA) is 132 Å². The van der Waals surface area contributed by atoms with Gasteiger partial charge in [0.05, 0.1) is 24.6 Å². The molecule has 2 aliphatic heterocycles. The van der Waals surface area contributed by atoms with Crippen molar-refractivity contribution < 1.29 is 14.3 Å². The van der Waals surface area contributed by atoms with Gasteiger partial charge in [-0.05, 0) is 123 Å². The molecule has 56 heavy (non-hydrogen) atoms. The second-order valence-corrected chi connectivity index (χ2v) is 13.9. The van der Waals surface area contributed by atoms with Crippen molar-refractivity contribution in [3.05, 3.63) is 136 Å². The van der Waals surface area contributed by atoms with E-state index in [9.17, 15) is 4.79 Å². The van der Waals surface area contributed by atoms with Crippen LogP contribution in [0.25, 0.3) is 0 Å². The molecule has 2 fully saturated rings. The molecule has 0 atom stereocenters. The zero-order valence-electron chi connectivity index (χ0n) is 36.2. The number of carbonyl (C=O) groups is 1. The van der Waals surface area contributed by atoms with Crippen LogP contribution in [0.5, 0.6) is 0 Å². The van der Waals surface area contributed by atoms with Gasteiger partial charge < -0.3 is 19.3 Å². The lowest BCUT2D eigenvalue weighted by Crippen LogP contribution is -2.27. The van der Waals surface area contributed by atoms with E-state index < -0.39 is 0 Å². The summed E-state index contributed by atoms with van der Waals surface area (Å²) in [4.78, 5) is 42.3. The summed E-state index contributed by atoms with van der Waals surface area (Å²) in [6, 6.07) is 12.2. The van der Waals surface area contributed by atoms with Gasteiger partial charge in [-0.2, -0.15) is 0 Å². The van der Waals surface area contributed by atoms with Crippen LogP contribution in [0.1, 0.15) is 70.4 Å². The highest BCUT2D eigenvalue weighted by atomic mass is 16.7. The zero-order chi connectivity index (χ0) is 42.0. The van der Waals surface area contributed by atoms with Gasteiger partial charge in [0.2, 0.25) is 0 Å². The van der Waals surface area contributed by atoms with Crippen LogP contribution in [-0.4, -0.2) is 97.4 Å². The summed E-state index contributed by atoms with van der Waals surface area (Å²) in [5.74, 6) is 1.40. The number of hydrogen-bond acceptors (Lipinski definition) is 10. The molecule has 7 heterocycles. The first kappa shape index (κ1) is 48.8. The Morgan fingerprint density at radius 1 is 0.554 bits per heavy atom. The Balaban J connectivity index is 0.000000327. The quantitative estimate of drug-likeness (QED) is 0.152. The van der Waals surface area contributed by atoms with Gasteiger partial charge in [-0.25, -0.2) is 14.8 Å². The van der Waals surface area contributed by atoms with Crippen molar-refractivity contribution in [1.29, 1.82) is 0 Å². The number of hydrogen-bond donors (Lipinski definition) is 0. The maximum absolute atomic E-state index is 10.8. The second kappa shape index (κ2) is 27.4. The van der Waals surface area contributed by atoms with Crippen LogP contribution in [0.4, 0.5) is 4.79 Å². The Hall–Kier alpha value is -5.20. The number of rotatable bonds is 0. The molecular weight excluding hydrogens is 703 g/mol. The molecule has 2 aliphatic rings. The summed E-state index contributed by atoms with van der Waals surface area (Å²) in [6.45, 7) is 27.3. The van der Waals surface area contributed by atoms with Crippen LogP contribution >= 0.6 is 0 Å². The predicted octanol–water partition coefficient (Wildman–Crippen LogP) is 8.28. The second-order valence-electron chi connectivity index (χ2n) is 13.9.